The molecule has 2 unspecified atom stereocenters. The molecular formula is C19H19BrF2O2. The predicted molar refractivity (Wildman–Crippen MR) is 92.6 cm³/mol. The van der Waals surface area contributed by atoms with E-state index in [4.69, 9.17) is 9.47 Å². The van der Waals surface area contributed by atoms with E-state index < -0.39 is 17.4 Å². The summed E-state index contributed by atoms with van der Waals surface area (Å²) in [4.78, 5) is 0. The highest BCUT2D eigenvalue weighted by atomic mass is 79.9. The van der Waals surface area contributed by atoms with Gasteiger partial charge in [0.25, 0.3) is 5.92 Å². The van der Waals surface area contributed by atoms with Gasteiger partial charge in [-0.3, -0.25) is 0 Å². The Labute approximate surface area is 148 Å². The van der Waals surface area contributed by atoms with Crippen LogP contribution in [0.25, 0.3) is 0 Å². The number of hydrogen-bond donors (Lipinski definition) is 0. The molecule has 0 spiro atoms. The molecule has 2 atom stereocenters. The van der Waals surface area contributed by atoms with Crippen molar-refractivity contribution in [2.75, 3.05) is 13.7 Å². The van der Waals surface area contributed by atoms with Crippen LogP contribution in [0.3, 0.4) is 0 Å². The minimum atomic E-state index is -2.91. The number of alkyl halides is 2. The summed E-state index contributed by atoms with van der Waals surface area (Å²) in [5.41, 5.74) is -0.225. The van der Waals surface area contributed by atoms with E-state index in [-0.39, 0.29) is 6.42 Å². The van der Waals surface area contributed by atoms with Crippen LogP contribution in [0.15, 0.2) is 53.0 Å². The van der Waals surface area contributed by atoms with Crippen LogP contribution in [0.2, 0.25) is 0 Å². The van der Waals surface area contributed by atoms with Crippen molar-refractivity contribution in [1.82, 2.24) is 0 Å². The summed E-state index contributed by atoms with van der Waals surface area (Å²) in [6.07, 6.45) is 0.257. The van der Waals surface area contributed by atoms with Crippen LogP contribution >= 0.6 is 15.9 Å². The summed E-state index contributed by atoms with van der Waals surface area (Å²) in [5, 5.41) is 0. The van der Waals surface area contributed by atoms with E-state index in [1.165, 1.54) is 7.11 Å². The average molecular weight is 397 g/mol. The predicted octanol–water partition coefficient (Wildman–Crippen LogP) is 5.20. The highest BCUT2D eigenvalue weighted by Crippen LogP contribution is 2.68. The highest BCUT2D eigenvalue weighted by molar-refractivity contribution is 9.10. The van der Waals surface area contributed by atoms with Crippen LogP contribution in [0.4, 0.5) is 8.78 Å². The molecule has 1 saturated carbocycles. The Kier molecular flexibility index (Phi) is 4.67. The third-order valence-electron chi connectivity index (χ3n) is 4.59. The molecule has 0 bridgehead atoms. The Morgan fingerprint density at radius 1 is 1.12 bits per heavy atom. The SMILES string of the molecule is CCOc1ccc(C2(OC)C(Cc3cccc(Br)c3)C2(F)F)cc1. The molecule has 24 heavy (non-hydrogen) atoms. The van der Waals surface area contributed by atoms with Gasteiger partial charge in [0.2, 0.25) is 0 Å². The van der Waals surface area contributed by atoms with Gasteiger partial charge < -0.3 is 9.47 Å². The lowest BCUT2D eigenvalue weighted by Crippen LogP contribution is -2.19. The first-order valence-electron chi connectivity index (χ1n) is 7.86. The number of halogens is 3. The van der Waals surface area contributed by atoms with E-state index in [1.54, 1.807) is 24.3 Å². The summed E-state index contributed by atoms with van der Waals surface area (Å²) in [6.45, 7) is 2.42. The van der Waals surface area contributed by atoms with Gasteiger partial charge in [-0.25, -0.2) is 8.78 Å². The topological polar surface area (TPSA) is 18.5 Å². The standard InChI is InChI=1S/C19H19BrF2O2/c1-3-24-16-9-7-14(8-10-16)18(23-2)17(19(18,21)22)12-13-5-4-6-15(20)11-13/h4-11,17H,3,12H2,1-2H3. The zero-order chi connectivity index (χ0) is 17.4. The van der Waals surface area contributed by atoms with Gasteiger partial charge in [0.1, 0.15) is 5.75 Å². The fraction of sp³-hybridized carbons (Fsp3) is 0.368. The van der Waals surface area contributed by atoms with Crippen molar-refractivity contribution >= 4 is 15.9 Å². The quantitative estimate of drug-likeness (QED) is 0.668. The minimum absolute atomic E-state index is 0.257. The van der Waals surface area contributed by atoms with Crippen molar-refractivity contribution in [2.45, 2.75) is 24.9 Å². The fourth-order valence-corrected chi connectivity index (χ4v) is 3.82. The second-order valence-electron chi connectivity index (χ2n) is 5.91. The molecule has 1 fully saturated rings. The molecule has 1 aliphatic carbocycles. The fourth-order valence-electron chi connectivity index (χ4n) is 3.37. The van der Waals surface area contributed by atoms with Gasteiger partial charge in [-0.15, -0.1) is 0 Å². The maximum absolute atomic E-state index is 14.7. The van der Waals surface area contributed by atoms with Crippen LogP contribution in [-0.2, 0) is 16.8 Å². The van der Waals surface area contributed by atoms with Crippen molar-refractivity contribution in [2.24, 2.45) is 5.92 Å². The lowest BCUT2D eigenvalue weighted by atomic mass is 10.0. The van der Waals surface area contributed by atoms with E-state index in [2.05, 4.69) is 15.9 Å². The third-order valence-corrected chi connectivity index (χ3v) is 5.08. The van der Waals surface area contributed by atoms with Gasteiger partial charge in [-0.2, -0.15) is 0 Å². The van der Waals surface area contributed by atoms with E-state index in [0.717, 1.165) is 10.0 Å². The summed E-state index contributed by atoms with van der Waals surface area (Å²) in [6, 6.07) is 14.2. The zero-order valence-electron chi connectivity index (χ0n) is 13.6. The number of benzene rings is 2. The molecule has 2 aromatic rings. The van der Waals surface area contributed by atoms with Crippen LogP contribution in [0, 0.1) is 5.92 Å². The molecule has 0 heterocycles. The molecule has 0 aromatic heterocycles. The number of hydrogen-bond acceptors (Lipinski definition) is 2. The summed E-state index contributed by atoms with van der Waals surface area (Å²) in [5.74, 6) is -3.13. The van der Waals surface area contributed by atoms with Gasteiger partial charge in [0.15, 0.2) is 5.60 Å². The van der Waals surface area contributed by atoms with Crippen LogP contribution in [-0.4, -0.2) is 19.6 Å². The first-order chi connectivity index (χ1) is 11.5. The smallest absolute Gasteiger partial charge is 0.287 e. The molecule has 5 heteroatoms. The van der Waals surface area contributed by atoms with Crippen molar-refractivity contribution in [1.29, 1.82) is 0 Å². The first kappa shape index (κ1) is 17.4. The lowest BCUT2D eigenvalue weighted by molar-refractivity contribution is -0.0354. The van der Waals surface area contributed by atoms with E-state index in [9.17, 15) is 8.78 Å². The zero-order valence-corrected chi connectivity index (χ0v) is 15.1. The number of rotatable bonds is 6. The van der Waals surface area contributed by atoms with Crippen molar-refractivity contribution in [3.63, 3.8) is 0 Å². The highest BCUT2D eigenvalue weighted by Gasteiger charge is 2.82. The van der Waals surface area contributed by atoms with Gasteiger partial charge >= 0.3 is 0 Å². The minimum Gasteiger partial charge on any atom is -0.494 e. The van der Waals surface area contributed by atoms with Crippen molar-refractivity contribution in [3.8, 4) is 5.75 Å². The molecule has 0 N–H and O–H groups in total. The summed E-state index contributed by atoms with van der Waals surface area (Å²) >= 11 is 3.38. The molecule has 1 aliphatic rings. The Balaban J connectivity index is 1.88. The van der Waals surface area contributed by atoms with Crippen molar-refractivity contribution in [3.05, 3.63) is 64.1 Å². The van der Waals surface area contributed by atoms with Gasteiger partial charge in [0.05, 0.1) is 12.5 Å². The van der Waals surface area contributed by atoms with Crippen LogP contribution < -0.4 is 4.74 Å². The molecule has 0 radical (unpaired) electrons. The van der Waals surface area contributed by atoms with Gasteiger partial charge in [-0.1, -0.05) is 40.2 Å². The normalized spacial score (nSPS) is 24.6. The average Bonchev–Trinajstić information content (AvgIpc) is 3.04. The Morgan fingerprint density at radius 3 is 2.42 bits per heavy atom. The number of methoxy groups -OCH3 is 1. The molecule has 2 nitrogen and oxygen atoms in total. The maximum Gasteiger partial charge on any atom is 0.287 e. The molecule has 3 rings (SSSR count). The van der Waals surface area contributed by atoms with E-state index >= 15 is 0 Å². The first-order valence-corrected chi connectivity index (χ1v) is 8.65. The summed E-state index contributed by atoms with van der Waals surface area (Å²) < 4.78 is 41.0. The second-order valence-corrected chi connectivity index (χ2v) is 6.82. The Morgan fingerprint density at radius 2 is 1.83 bits per heavy atom. The largest absolute Gasteiger partial charge is 0.494 e. The van der Waals surface area contributed by atoms with Crippen LogP contribution in [0.5, 0.6) is 5.75 Å². The number of ether oxygens (including phenoxy) is 2. The maximum atomic E-state index is 14.7. The van der Waals surface area contributed by atoms with E-state index in [0.29, 0.717) is 17.9 Å². The second kappa shape index (κ2) is 6.45. The monoisotopic (exact) mass is 396 g/mol. The Hall–Kier alpha value is -1.46. The van der Waals surface area contributed by atoms with Crippen molar-refractivity contribution < 1.29 is 18.3 Å². The molecule has 0 amide bonds. The molecule has 0 aliphatic heterocycles. The summed E-state index contributed by atoms with van der Waals surface area (Å²) in [7, 11) is 1.35. The Bertz CT molecular complexity index is 718. The van der Waals surface area contributed by atoms with Gasteiger partial charge in [-0.05, 0) is 48.7 Å². The molecule has 128 valence electrons. The molecule has 2 aromatic carbocycles. The van der Waals surface area contributed by atoms with E-state index in [1.807, 2.05) is 31.2 Å². The van der Waals surface area contributed by atoms with Crippen LogP contribution in [0.1, 0.15) is 18.1 Å². The third kappa shape index (κ3) is 2.74. The lowest BCUT2D eigenvalue weighted by Gasteiger charge is -2.16. The molecular weight excluding hydrogens is 378 g/mol. The van der Waals surface area contributed by atoms with Gasteiger partial charge in [0, 0.05) is 11.6 Å². The molecule has 0 saturated heterocycles.